The first-order valence-electron chi connectivity index (χ1n) is 7.47. The third-order valence-electron chi connectivity index (χ3n) is 3.96. The van der Waals surface area contributed by atoms with Crippen LogP contribution in [0.5, 0.6) is 0 Å². The molecule has 5 nitrogen and oxygen atoms in total. The van der Waals surface area contributed by atoms with E-state index in [-0.39, 0.29) is 0 Å². The maximum Gasteiger partial charge on any atom is 0.240 e. The number of fused-ring (bicyclic) bond motifs is 1. The van der Waals surface area contributed by atoms with Crippen LogP contribution < -0.4 is 10.0 Å². The molecular formula is C15H25N3O2S. The first kappa shape index (κ1) is 16.3. The van der Waals surface area contributed by atoms with Gasteiger partial charge in [0.2, 0.25) is 10.0 Å². The molecule has 1 aromatic rings. The number of anilines is 1. The molecule has 0 bridgehead atoms. The summed E-state index contributed by atoms with van der Waals surface area (Å²) in [5, 5.41) is 3.23. The lowest BCUT2D eigenvalue weighted by Crippen LogP contribution is -2.31. The predicted molar refractivity (Wildman–Crippen MR) is 86.2 cm³/mol. The number of nitrogens with one attached hydrogen (secondary N) is 2. The molecule has 0 saturated heterocycles. The van der Waals surface area contributed by atoms with Crippen molar-refractivity contribution in [3.8, 4) is 0 Å². The molecule has 2 rings (SSSR count). The smallest absolute Gasteiger partial charge is 0.240 e. The van der Waals surface area contributed by atoms with Gasteiger partial charge in [0.15, 0.2) is 0 Å². The molecule has 0 fully saturated rings. The molecule has 1 heterocycles. The average molecular weight is 311 g/mol. The molecule has 1 aromatic carbocycles. The molecular weight excluding hydrogens is 286 g/mol. The second-order valence-electron chi connectivity index (χ2n) is 5.82. The molecule has 118 valence electrons. The number of rotatable bonds is 7. The van der Waals surface area contributed by atoms with Gasteiger partial charge in [-0.2, -0.15) is 0 Å². The number of sulfonamides is 1. The lowest BCUT2D eigenvalue weighted by molar-refractivity contribution is 0.271. The molecule has 1 aliphatic rings. The highest BCUT2D eigenvalue weighted by Gasteiger charge is 2.17. The Labute approximate surface area is 127 Å². The summed E-state index contributed by atoms with van der Waals surface area (Å²) >= 11 is 0. The minimum absolute atomic E-state index is 0.363. The summed E-state index contributed by atoms with van der Waals surface area (Å²) in [7, 11) is -1.35. The van der Waals surface area contributed by atoms with Crippen molar-refractivity contribution in [1.29, 1.82) is 0 Å². The van der Waals surface area contributed by atoms with E-state index in [1.165, 1.54) is 0 Å². The Bertz CT molecular complexity index is 585. The lowest BCUT2D eigenvalue weighted by atomic mass is 10.2. The Kier molecular flexibility index (Phi) is 5.24. The van der Waals surface area contributed by atoms with Gasteiger partial charge in [0, 0.05) is 24.8 Å². The van der Waals surface area contributed by atoms with Gasteiger partial charge in [-0.15, -0.1) is 0 Å². The van der Waals surface area contributed by atoms with Crippen molar-refractivity contribution in [2.24, 2.45) is 0 Å². The summed E-state index contributed by atoms with van der Waals surface area (Å²) in [5.74, 6) is 0. The second-order valence-corrected chi connectivity index (χ2v) is 7.59. The van der Waals surface area contributed by atoms with E-state index in [0.717, 1.165) is 37.2 Å². The Morgan fingerprint density at radius 2 is 2.14 bits per heavy atom. The molecule has 21 heavy (non-hydrogen) atoms. The average Bonchev–Trinajstić information content (AvgIpc) is 2.90. The highest BCUT2D eigenvalue weighted by molar-refractivity contribution is 7.89. The quantitative estimate of drug-likeness (QED) is 0.752. The van der Waals surface area contributed by atoms with Crippen LogP contribution >= 0.6 is 0 Å². The van der Waals surface area contributed by atoms with E-state index in [0.29, 0.717) is 17.5 Å². The SMILES string of the molecule is CC(C)N(C)CCCNS(=O)(=O)c1ccc2c(c1)CCN2. The largest absolute Gasteiger partial charge is 0.384 e. The van der Waals surface area contributed by atoms with E-state index in [1.807, 2.05) is 13.1 Å². The van der Waals surface area contributed by atoms with Gasteiger partial charge in [0.25, 0.3) is 0 Å². The van der Waals surface area contributed by atoms with Crippen molar-refractivity contribution in [3.63, 3.8) is 0 Å². The number of benzene rings is 1. The fourth-order valence-corrected chi connectivity index (χ4v) is 3.45. The first-order chi connectivity index (χ1) is 9.90. The Morgan fingerprint density at radius 1 is 1.38 bits per heavy atom. The third-order valence-corrected chi connectivity index (χ3v) is 5.42. The molecule has 0 unspecified atom stereocenters. The zero-order valence-corrected chi connectivity index (χ0v) is 13.8. The summed E-state index contributed by atoms with van der Waals surface area (Å²) in [6.45, 7) is 6.49. The molecule has 0 atom stereocenters. The minimum atomic E-state index is -3.40. The topological polar surface area (TPSA) is 61.4 Å². The zero-order valence-electron chi connectivity index (χ0n) is 13.0. The first-order valence-corrected chi connectivity index (χ1v) is 8.95. The van der Waals surface area contributed by atoms with Gasteiger partial charge in [-0.05, 0) is 64.0 Å². The molecule has 0 saturated carbocycles. The van der Waals surface area contributed by atoms with Gasteiger partial charge in [-0.1, -0.05) is 0 Å². The molecule has 0 spiro atoms. The van der Waals surface area contributed by atoms with Crippen LogP contribution in [-0.4, -0.2) is 46.0 Å². The summed E-state index contributed by atoms with van der Waals surface area (Å²) < 4.78 is 27.2. The summed E-state index contributed by atoms with van der Waals surface area (Å²) in [5.41, 5.74) is 2.13. The molecule has 6 heteroatoms. The van der Waals surface area contributed by atoms with Crippen LogP contribution in [0.4, 0.5) is 5.69 Å². The van der Waals surface area contributed by atoms with Crippen LogP contribution in [0.3, 0.4) is 0 Å². The minimum Gasteiger partial charge on any atom is -0.384 e. The van der Waals surface area contributed by atoms with E-state index < -0.39 is 10.0 Å². The van der Waals surface area contributed by atoms with Crippen LogP contribution in [0.15, 0.2) is 23.1 Å². The van der Waals surface area contributed by atoms with Crippen molar-refractivity contribution in [3.05, 3.63) is 23.8 Å². The van der Waals surface area contributed by atoms with Crippen LogP contribution in [0.1, 0.15) is 25.8 Å². The molecule has 0 aromatic heterocycles. The van der Waals surface area contributed by atoms with Crippen LogP contribution in [-0.2, 0) is 16.4 Å². The van der Waals surface area contributed by atoms with Crippen molar-refractivity contribution in [2.45, 2.75) is 37.6 Å². The van der Waals surface area contributed by atoms with Crippen molar-refractivity contribution < 1.29 is 8.42 Å². The fraction of sp³-hybridized carbons (Fsp3) is 0.600. The van der Waals surface area contributed by atoms with Gasteiger partial charge in [-0.3, -0.25) is 0 Å². The molecule has 0 aliphatic carbocycles. The molecule has 2 N–H and O–H groups in total. The molecule has 0 amide bonds. The standard InChI is InChI=1S/C15H25N3O2S/c1-12(2)18(3)10-4-8-17-21(19,20)14-5-6-15-13(11-14)7-9-16-15/h5-6,11-12,16-17H,4,7-10H2,1-3H3. The zero-order chi connectivity index (χ0) is 15.5. The van der Waals surface area contributed by atoms with E-state index in [2.05, 4.69) is 28.8 Å². The molecule has 1 aliphatic heterocycles. The third kappa shape index (κ3) is 4.18. The summed E-state index contributed by atoms with van der Waals surface area (Å²) in [4.78, 5) is 2.57. The summed E-state index contributed by atoms with van der Waals surface area (Å²) in [6, 6.07) is 5.77. The predicted octanol–water partition coefficient (Wildman–Crippen LogP) is 1.66. The monoisotopic (exact) mass is 311 g/mol. The maximum absolute atomic E-state index is 12.3. The van der Waals surface area contributed by atoms with Crippen molar-refractivity contribution in [1.82, 2.24) is 9.62 Å². The second kappa shape index (κ2) is 6.77. The fourth-order valence-electron chi connectivity index (χ4n) is 2.32. The van der Waals surface area contributed by atoms with Crippen LogP contribution in [0.25, 0.3) is 0 Å². The number of hydrogen-bond donors (Lipinski definition) is 2. The van der Waals surface area contributed by atoms with Gasteiger partial charge < -0.3 is 10.2 Å². The van der Waals surface area contributed by atoms with E-state index in [1.54, 1.807) is 12.1 Å². The summed E-state index contributed by atoms with van der Waals surface area (Å²) in [6.07, 6.45) is 1.69. The van der Waals surface area contributed by atoms with Crippen LogP contribution in [0.2, 0.25) is 0 Å². The highest BCUT2D eigenvalue weighted by atomic mass is 32.2. The Hall–Kier alpha value is -1.11. The van der Waals surface area contributed by atoms with Gasteiger partial charge in [-0.25, -0.2) is 13.1 Å². The highest BCUT2D eigenvalue weighted by Crippen LogP contribution is 2.24. The number of hydrogen-bond acceptors (Lipinski definition) is 4. The molecule has 0 radical (unpaired) electrons. The van der Waals surface area contributed by atoms with Gasteiger partial charge in [0.05, 0.1) is 4.90 Å². The Balaban J connectivity index is 1.90. The van der Waals surface area contributed by atoms with Crippen molar-refractivity contribution in [2.75, 3.05) is 32.0 Å². The van der Waals surface area contributed by atoms with E-state index in [9.17, 15) is 8.42 Å². The lowest BCUT2D eigenvalue weighted by Gasteiger charge is -2.20. The van der Waals surface area contributed by atoms with Crippen molar-refractivity contribution >= 4 is 15.7 Å². The normalized spacial score (nSPS) is 14.5. The van der Waals surface area contributed by atoms with Gasteiger partial charge >= 0.3 is 0 Å². The van der Waals surface area contributed by atoms with Gasteiger partial charge in [0.1, 0.15) is 0 Å². The van der Waals surface area contributed by atoms with Crippen LogP contribution in [0, 0.1) is 0 Å². The van der Waals surface area contributed by atoms with E-state index >= 15 is 0 Å². The Morgan fingerprint density at radius 3 is 2.86 bits per heavy atom. The maximum atomic E-state index is 12.3. The number of nitrogens with zero attached hydrogens (tertiary/aromatic N) is 1. The van der Waals surface area contributed by atoms with E-state index in [4.69, 9.17) is 0 Å².